The van der Waals surface area contributed by atoms with Crippen molar-refractivity contribution in [2.45, 2.75) is 19.4 Å². The molecule has 1 aromatic carbocycles. The summed E-state index contributed by atoms with van der Waals surface area (Å²) >= 11 is 5.95. The molecule has 0 bridgehead atoms. The molecule has 78 valence electrons. The van der Waals surface area contributed by atoms with Crippen LogP contribution in [-0.2, 0) is 11.2 Å². The van der Waals surface area contributed by atoms with E-state index in [1.54, 1.807) is 0 Å². The highest BCUT2D eigenvalue weighted by Gasteiger charge is 2.07. The van der Waals surface area contributed by atoms with E-state index < -0.39 is 6.10 Å². The van der Waals surface area contributed by atoms with Gasteiger partial charge in [0, 0.05) is 18.1 Å². The van der Waals surface area contributed by atoms with Gasteiger partial charge in [0.25, 0.3) is 0 Å². The van der Waals surface area contributed by atoms with Crippen molar-refractivity contribution in [3.8, 4) is 0 Å². The van der Waals surface area contributed by atoms with Crippen LogP contribution in [0.2, 0.25) is 5.02 Å². The number of hydrogen-bond donors (Lipinski definition) is 1. The molecule has 0 aliphatic heterocycles. The zero-order valence-corrected chi connectivity index (χ0v) is 9.00. The SMILES string of the molecule is CCOCC(O)Cc1ccccc1Cl. The van der Waals surface area contributed by atoms with Crippen LogP contribution in [0, 0.1) is 0 Å². The van der Waals surface area contributed by atoms with Gasteiger partial charge in [0.1, 0.15) is 0 Å². The van der Waals surface area contributed by atoms with E-state index in [0.29, 0.717) is 24.7 Å². The largest absolute Gasteiger partial charge is 0.390 e. The number of rotatable bonds is 5. The lowest BCUT2D eigenvalue weighted by Crippen LogP contribution is -2.18. The van der Waals surface area contributed by atoms with Gasteiger partial charge < -0.3 is 9.84 Å². The quantitative estimate of drug-likeness (QED) is 0.815. The van der Waals surface area contributed by atoms with Crippen LogP contribution in [0.4, 0.5) is 0 Å². The van der Waals surface area contributed by atoms with Crippen molar-refractivity contribution in [1.29, 1.82) is 0 Å². The Morgan fingerprint density at radius 1 is 1.43 bits per heavy atom. The molecule has 0 radical (unpaired) electrons. The monoisotopic (exact) mass is 214 g/mol. The highest BCUT2D eigenvalue weighted by atomic mass is 35.5. The average molecular weight is 215 g/mol. The molecule has 0 aromatic heterocycles. The minimum atomic E-state index is -0.477. The van der Waals surface area contributed by atoms with Gasteiger partial charge in [-0.15, -0.1) is 0 Å². The summed E-state index contributed by atoms with van der Waals surface area (Å²) in [5.41, 5.74) is 0.960. The highest BCUT2D eigenvalue weighted by Crippen LogP contribution is 2.16. The summed E-state index contributed by atoms with van der Waals surface area (Å²) in [5.74, 6) is 0. The predicted molar refractivity (Wildman–Crippen MR) is 57.7 cm³/mol. The fourth-order valence-electron chi connectivity index (χ4n) is 1.23. The number of hydrogen-bond acceptors (Lipinski definition) is 2. The molecule has 1 rings (SSSR count). The molecule has 0 aliphatic rings. The maximum absolute atomic E-state index is 9.57. The Hall–Kier alpha value is -0.570. The van der Waals surface area contributed by atoms with Crippen molar-refractivity contribution < 1.29 is 9.84 Å². The van der Waals surface area contributed by atoms with Crippen molar-refractivity contribution in [2.75, 3.05) is 13.2 Å². The topological polar surface area (TPSA) is 29.5 Å². The molecule has 0 fully saturated rings. The van der Waals surface area contributed by atoms with Crippen LogP contribution < -0.4 is 0 Å². The van der Waals surface area contributed by atoms with E-state index in [9.17, 15) is 5.11 Å². The summed E-state index contributed by atoms with van der Waals surface area (Å²) in [5, 5.41) is 10.3. The van der Waals surface area contributed by atoms with Crippen molar-refractivity contribution in [1.82, 2.24) is 0 Å². The first kappa shape index (κ1) is 11.5. The van der Waals surface area contributed by atoms with Crippen molar-refractivity contribution in [3.63, 3.8) is 0 Å². The summed E-state index contributed by atoms with van der Waals surface area (Å²) in [6.45, 7) is 2.89. The van der Waals surface area contributed by atoms with Crippen LogP contribution in [0.25, 0.3) is 0 Å². The van der Waals surface area contributed by atoms with E-state index in [2.05, 4.69) is 0 Å². The van der Waals surface area contributed by atoms with Gasteiger partial charge in [-0.1, -0.05) is 29.8 Å². The van der Waals surface area contributed by atoms with Crippen LogP contribution in [0.5, 0.6) is 0 Å². The highest BCUT2D eigenvalue weighted by molar-refractivity contribution is 6.31. The molecule has 0 aliphatic carbocycles. The smallest absolute Gasteiger partial charge is 0.0814 e. The Kier molecular flexibility index (Phi) is 4.94. The van der Waals surface area contributed by atoms with Crippen LogP contribution >= 0.6 is 11.6 Å². The number of benzene rings is 1. The molecule has 0 heterocycles. The molecule has 0 amide bonds. The third-order valence-corrected chi connectivity index (χ3v) is 2.30. The molecule has 1 atom stereocenters. The second kappa shape index (κ2) is 6.02. The molecule has 3 heteroatoms. The van der Waals surface area contributed by atoms with E-state index in [-0.39, 0.29) is 0 Å². The maximum Gasteiger partial charge on any atom is 0.0814 e. The zero-order chi connectivity index (χ0) is 10.4. The molecule has 2 nitrogen and oxygen atoms in total. The first-order valence-corrected chi connectivity index (χ1v) is 5.11. The lowest BCUT2D eigenvalue weighted by molar-refractivity contribution is 0.0430. The average Bonchev–Trinajstić information content (AvgIpc) is 2.18. The molecular weight excluding hydrogens is 200 g/mol. The third-order valence-electron chi connectivity index (χ3n) is 1.93. The number of halogens is 1. The second-order valence-electron chi connectivity index (χ2n) is 3.11. The molecule has 0 spiro atoms. The van der Waals surface area contributed by atoms with E-state index in [4.69, 9.17) is 16.3 Å². The van der Waals surface area contributed by atoms with E-state index >= 15 is 0 Å². The maximum atomic E-state index is 9.57. The van der Waals surface area contributed by atoms with Crippen LogP contribution in [0.15, 0.2) is 24.3 Å². The van der Waals surface area contributed by atoms with Gasteiger partial charge in [-0.3, -0.25) is 0 Å². The summed E-state index contributed by atoms with van der Waals surface area (Å²) in [7, 11) is 0. The Bertz CT molecular complexity index is 276. The van der Waals surface area contributed by atoms with Crippen LogP contribution in [-0.4, -0.2) is 24.4 Å². The van der Waals surface area contributed by atoms with E-state index in [1.165, 1.54) is 0 Å². The van der Waals surface area contributed by atoms with Gasteiger partial charge in [-0.25, -0.2) is 0 Å². The standard InChI is InChI=1S/C11H15ClO2/c1-2-14-8-10(13)7-9-5-3-4-6-11(9)12/h3-6,10,13H,2,7-8H2,1H3. The van der Waals surface area contributed by atoms with Crippen LogP contribution in [0.1, 0.15) is 12.5 Å². The Labute approximate surface area is 89.5 Å². The number of aliphatic hydroxyl groups excluding tert-OH is 1. The molecule has 0 saturated heterocycles. The predicted octanol–water partition coefficient (Wildman–Crippen LogP) is 2.28. The van der Waals surface area contributed by atoms with Gasteiger partial charge in [-0.2, -0.15) is 0 Å². The molecule has 1 unspecified atom stereocenters. The van der Waals surface area contributed by atoms with E-state index in [0.717, 1.165) is 5.56 Å². The molecular formula is C11H15ClO2. The summed E-state index contributed by atoms with van der Waals surface area (Å²) in [6, 6.07) is 7.52. The third kappa shape index (κ3) is 3.66. The molecule has 14 heavy (non-hydrogen) atoms. The minimum Gasteiger partial charge on any atom is -0.390 e. The normalized spacial score (nSPS) is 12.8. The molecule has 1 N–H and O–H groups in total. The molecule has 1 aromatic rings. The molecule has 0 saturated carbocycles. The van der Waals surface area contributed by atoms with Crippen molar-refractivity contribution in [3.05, 3.63) is 34.9 Å². The number of ether oxygens (including phenoxy) is 1. The van der Waals surface area contributed by atoms with Gasteiger partial charge in [0.05, 0.1) is 12.7 Å². The Morgan fingerprint density at radius 3 is 2.79 bits per heavy atom. The first-order valence-electron chi connectivity index (χ1n) is 4.73. The summed E-state index contributed by atoms with van der Waals surface area (Å²) in [4.78, 5) is 0. The van der Waals surface area contributed by atoms with Gasteiger partial charge in [0.15, 0.2) is 0 Å². The fourth-order valence-corrected chi connectivity index (χ4v) is 1.44. The van der Waals surface area contributed by atoms with E-state index in [1.807, 2.05) is 31.2 Å². The van der Waals surface area contributed by atoms with Crippen molar-refractivity contribution >= 4 is 11.6 Å². The number of aliphatic hydroxyl groups is 1. The Balaban J connectivity index is 2.47. The second-order valence-corrected chi connectivity index (χ2v) is 3.52. The first-order chi connectivity index (χ1) is 6.74. The lowest BCUT2D eigenvalue weighted by Gasteiger charge is -2.11. The van der Waals surface area contributed by atoms with Gasteiger partial charge in [0.2, 0.25) is 0 Å². The Morgan fingerprint density at radius 2 is 2.14 bits per heavy atom. The minimum absolute atomic E-state index is 0.363. The summed E-state index contributed by atoms with van der Waals surface area (Å²) < 4.78 is 5.11. The van der Waals surface area contributed by atoms with Gasteiger partial charge in [-0.05, 0) is 18.6 Å². The lowest BCUT2D eigenvalue weighted by atomic mass is 10.1. The van der Waals surface area contributed by atoms with Crippen molar-refractivity contribution in [2.24, 2.45) is 0 Å². The van der Waals surface area contributed by atoms with Gasteiger partial charge >= 0.3 is 0 Å². The van der Waals surface area contributed by atoms with Crippen LogP contribution in [0.3, 0.4) is 0 Å². The zero-order valence-electron chi connectivity index (χ0n) is 8.24. The summed E-state index contributed by atoms with van der Waals surface area (Å²) in [6.07, 6.45) is 0.0644. The fraction of sp³-hybridized carbons (Fsp3) is 0.455.